The lowest BCUT2D eigenvalue weighted by molar-refractivity contribution is -0.183. The van der Waals surface area contributed by atoms with Crippen molar-refractivity contribution in [2.45, 2.75) is 58.2 Å². The van der Waals surface area contributed by atoms with E-state index in [1.807, 2.05) is 0 Å². The van der Waals surface area contributed by atoms with Gasteiger partial charge in [-0.05, 0) is 27.7 Å². The number of carbonyl (C=O) groups is 3. The van der Waals surface area contributed by atoms with E-state index < -0.39 is 55.0 Å². The SMILES string of the molecule is CC(O)C(=O)OCC(OC(=O)C(C)O)C(C)OC(=O)C(C)O. The zero-order valence-corrected chi connectivity index (χ0v) is 12.9. The molecule has 0 rings (SSSR count). The molecule has 9 heteroatoms. The maximum absolute atomic E-state index is 11.4. The molecule has 5 unspecified atom stereocenters. The Morgan fingerprint density at radius 2 is 1.18 bits per heavy atom. The van der Waals surface area contributed by atoms with Crippen molar-refractivity contribution < 1.29 is 43.9 Å². The summed E-state index contributed by atoms with van der Waals surface area (Å²) in [5, 5.41) is 27.2. The van der Waals surface area contributed by atoms with Crippen LogP contribution in [0.5, 0.6) is 0 Å². The lowest BCUT2D eigenvalue weighted by Gasteiger charge is -2.25. The van der Waals surface area contributed by atoms with Gasteiger partial charge < -0.3 is 29.5 Å². The van der Waals surface area contributed by atoms with Gasteiger partial charge in [-0.3, -0.25) is 0 Å². The molecular weight excluding hydrogens is 300 g/mol. The summed E-state index contributed by atoms with van der Waals surface area (Å²) >= 11 is 0. The third kappa shape index (κ3) is 7.34. The van der Waals surface area contributed by atoms with Crippen LogP contribution in [-0.4, -0.2) is 70.4 Å². The monoisotopic (exact) mass is 322 g/mol. The highest BCUT2D eigenvalue weighted by Gasteiger charge is 2.29. The Morgan fingerprint density at radius 3 is 1.59 bits per heavy atom. The molecule has 22 heavy (non-hydrogen) atoms. The summed E-state index contributed by atoms with van der Waals surface area (Å²) < 4.78 is 14.4. The fraction of sp³-hybridized carbons (Fsp3) is 0.769. The zero-order chi connectivity index (χ0) is 17.4. The molecule has 128 valence electrons. The Bertz CT molecular complexity index is 389. The Balaban J connectivity index is 4.80. The van der Waals surface area contributed by atoms with E-state index in [1.54, 1.807) is 0 Å². The molecule has 0 aliphatic carbocycles. The highest BCUT2D eigenvalue weighted by molar-refractivity contribution is 5.75. The maximum Gasteiger partial charge on any atom is 0.335 e. The Morgan fingerprint density at radius 1 is 0.773 bits per heavy atom. The lowest BCUT2D eigenvalue weighted by atomic mass is 10.2. The van der Waals surface area contributed by atoms with Crippen molar-refractivity contribution in [3.8, 4) is 0 Å². The third-order valence-electron chi connectivity index (χ3n) is 2.51. The van der Waals surface area contributed by atoms with Gasteiger partial charge in [-0.1, -0.05) is 0 Å². The largest absolute Gasteiger partial charge is 0.460 e. The Labute approximate surface area is 127 Å². The van der Waals surface area contributed by atoms with E-state index in [9.17, 15) is 14.4 Å². The first kappa shape index (κ1) is 20.3. The number of rotatable bonds is 8. The van der Waals surface area contributed by atoms with Crippen molar-refractivity contribution in [3.05, 3.63) is 0 Å². The van der Waals surface area contributed by atoms with Gasteiger partial charge in [0.2, 0.25) is 0 Å². The minimum Gasteiger partial charge on any atom is -0.460 e. The number of aliphatic hydroxyl groups is 3. The Hall–Kier alpha value is -1.71. The van der Waals surface area contributed by atoms with Crippen LogP contribution in [0.4, 0.5) is 0 Å². The van der Waals surface area contributed by atoms with Gasteiger partial charge in [0.25, 0.3) is 0 Å². The fourth-order valence-corrected chi connectivity index (χ4v) is 1.16. The van der Waals surface area contributed by atoms with E-state index in [1.165, 1.54) is 27.7 Å². The summed E-state index contributed by atoms with van der Waals surface area (Å²) in [6, 6.07) is 0. The highest BCUT2D eigenvalue weighted by atomic mass is 16.6. The number of aliphatic hydroxyl groups excluding tert-OH is 3. The first-order chi connectivity index (χ1) is 10.1. The molecule has 0 aromatic rings. The maximum atomic E-state index is 11.4. The minimum absolute atomic E-state index is 0.490. The molecule has 0 aromatic carbocycles. The fourth-order valence-electron chi connectivity index (χ4n) is 1.16. The molecule has 3 N–H and O–H groups in total. The molecular formula is C13H22O9. The second-order valence-corrected chi connectivity index (χ2v) is 4.78. The van der Waals surface area contributed by atoms with Crippen LogP contribution in [0.3, 0.4) is 0 Å². The second-order valence-electron chi connectivity index (χ2n) is 4.78. The zero-order valence-electron chi connectivity index (χ0n) is 12.9. The summed E-state index contributed by atoms with van der Waals surface area (Å²) in [6.07, 6.45) is -6.42. The van der Waals surface area contributed by atoms with E-state index in [-0.39, 0.29) is 0 Å². The average molecular weight is 322 g/mol. The normalized spacial score (nSPS) is 17.6. The Kier molecular flexibility index (Phi) is 8.61. The topological polar surface area (TPSA) is 140 Å². The van der Waals surface area contributed by atoms with E-state index in [4.69, 9.17) is 29.5 Å². The molecule has 0 spiro atoms. The van der Waals surface area contributed by atoms with Gasteiger partial charge in [0.15, 0.2) is 6.10 Å². The van der Waals surface area contributed by atoms with Crippen molar-refractivity contribution in [1.82, 2.24) is 0 Å². The highest BCUT2D eigenvalue weighted by Crippen LogP contribution is 2.09. The molecule has 5 atom stereocenters. The molecule has 0 radical (unpaired) electrons. The molecule has 0 heterocycles. The summed E-state index contributed by atoms with van der Waals surface area (Å²) in [5.74, 6) is -2.90. The number of ether oxygens (including phenoxy) is 3. The van der Waals surface area contributed by atoms with Crippen molar-refractivity contribution in [1.29, 1.82) is 0 Å². The number of esters is 3. The average Bonchev–Trinajstić information content (AvgIpc) is 2.41. The predicted octanol–water partition coefficient (Wildman–Crippen LogP) is -1.48. The van der Waals surface area contributed by atoms with Crippen molar-refractivity contribution >= 4 is 17.9 Å². The summed E-state index contributed by atoms with van der Waals surface area (Å²) in [4.78, 5) is 33.9. The van der Waals surface area contributed by atoms with Gasteiger partial charge in [-0.2, -0.15) is 0 Å². The van der Waals surface area contributed by atoms with E-state index in [0.717, 1.165) is 0 Å². The number of hydrogen-bond acceptors (Lipinski definition) is 9. The van der Waals surface area contributed by atoms with Gasteiger partial charge in [-0.25, -0.2) is 14.4 Å². The summed E-state index contributed by atoms with van der Waals surface area (Å²) in [6.45, 7) is 4.43. The van der Waals surface area contributed by atoms with E-state index >= 15 is 0 Å². The van der Waals surface area contributed by atoms with Gasteiger partial charge in [0.1, 0.15) is 31.0 Å². The molecule has 0 fully saturated rings. The molecule has 0 bridgehead atoms. The smallest absolute Gasteiger partial charge is 0.335 e. The standard InChI is InChI=1S/C13H22O9/c1-6(14)11(17)20-5-10(22-13(19)8(3)16)9(4)21-12(18)7(2)15/h6-10,14-16H,5H2,1-4H3. The third-order valence-corrected chi connectivity index (χ3v) is 2.51. The lowest BCUT2D eigenvalue weighted by Crippen LogP contribution is -2.41. The molecule has 0 aromatic heterocycles. The minimum atomic E-state index is -1.42. The van der Waals surface area contributed by atoms with E-state index in [2.05, 4.69) is 0 Å². The van der Waals surface area contributed by atoms with Crippen LogP contribution in [0.25, 0.3) is 0 Å². The van der Waals surface area contributed by atoms with Crippen molar-refractivity contribution in [3.63, 3.8) is 0 Å². The van der Waals surface area contributed by atoms with Gasteiger partial charge in [0.05, 0.1) is 0 Å². The summed E-state index contributed by atoms with van der Waals surface area (Å²) in [5.41, 5.74) is 0. The van der Waals surface area contributed by atoms with Gasteiger partial charge >= 0.3 is 17.9 Å². The quantitative estimate of drug-likeness (QED) is 0.360. The molecule has 0 saturated heterocycles. The van der Waals surface area contributed by atoms with Crippen LogP contribution in [-0.2, 0) is 28.6 Å². The van der Waals surface area contributed by atoms with Gasteiger partial charge in [-0.15, -0.1) is 0 Å². The van der Waals surface area contributed by atoms with Gasteiger partial charge in [0, 0.05) is 0 Å². The predicted molar refractivity (Wildman–Crippen MR) is 71.4 cm³/mol. The molecule has 9 nitrogen and oxygen atoms in total. The van der Waals surface area contributed by atoms with Crippen LogP contribution in [0, 0.1) is 0 Å². The second kappa shape index (κ2) is 9.34. The van der Waals surface area contributed by atoms with Crippen molar-refractivity contribution in [2.24, 2.45) is 0 Å². The van der Waals surface area contributed by atoms with Crippen molar-refractivity contribution in [2.75, 3.05) is 6.61 Å². The van der Waals surface area contributed by atoms with Crippen LogP contribution >= 0.6 is 0 Å². The molecule has 0 saturated carbocycles. The van der Waals surface area contributed by atoms with Crippen LogP contribution in [0.15, 0.2) is 0 Å². The molecule has 0 amide bonds. The van der Waals surface area contributed by atoms with Crippen LogP contribution < -0.4 is 0 Å². The van der Waals surface area contributed by atoms with Crippen LogP contribution in [0.1, 0.15) is 27.7 Å². The summed E-state index contributed by atoms with van der Waals surface area (Å²) in [7, 11) is 0. The first-order valence-electron chi connectivity index (χ1n) is 6.68. The molecule has 0 aliphatic rings. The number of carbonyl (C=O) groups excluding carboxylic acids is 3. The number of hydrogen-bond donors (Lipinski definition) is 3. The van der Waals surface area contributed by atoms with E-state index in [0.29, 0.717) is 0 Å². The molecule has 0 aliphatic heterocycles. The first-order valence-corrected chi connectivity index (χ1v) is 6.68. The van der Waals surface area contributed by atoms with Crippen LogP contribution in [0.2, 0.25) is 0 Å².